The van der Waals surface area contributed by atoms with Crippen LogP contribution in [0, 0.1) is 13.8 Å². The summed E-state index contributed by atoms with van der Waals surface area (Å²) in [6, 6.07) is 1.46. The molecule has 3 aromatic heterocycles. The van der Waals surface area contributed by atoms with Crippen LogP contribution in [0.25, 0.3) is 11.6 Å². The van der Waals surface area contributed by atoms with Gasteiger partial charge in [0.2, 0.25) is 5.95 Å². The van der Waals surface area contributed by atoms with Crippen LogP contribution in [0.4, 0.5) is 24.9 Å². The number of nitrogens with one attached hydrogen (secondary N) is 2. The van der Waals surface area contributed by atoms with E-state index < -0.39 is 29.3 Å². The molecular formula is C28H33F3N8O3. The molecule has 0 unspecified atom stereocenters. The zero-order valence-electron chi connectivity index (χ0n) is 24.0. The van der Waals surface area contributed by atoms with Gasteiger partial charge in [-0.1, -0.05) is 13.8 Å². The van der Waals surface area contributed by atoms with Gasteiger partial charge in [0.05, 0.1) is 36.0 Å². The number of nitrogens with zero attached hydrogens (tertiary/aromatic N) is 5. The molecule has 0 radical (unpaired) electrons. The molecule has 14 heteroatoms. The molecule has 2 amide bonds. The molecule has 4 rings (SSSR count). The highest BCUT2D eigenvalue weighted by Crippen LogP contribution is 2.44. The summed E-state index contributed by atoms with van der Waals surface area (Å²) < 4.78 is 47.9. The van der Waals surface area contributed by atoms with E-state index in [9.17, 15) is 22.8 Å². The zero-order valence-corrected chi connectivity index (χ0v) is 24.0. The number of nitrogen functional groups attached to an aromatic ring is 1. The predicted molar refractivity (Wildman–Crippen MR) is 152 cm³/mol. The van der Waals surface area contributed by atoms with E-state index in [0.717, 1.165) is 23.6 Å². The second-order valence-corrected chi connectivity index (χ2v) is 9.75. The van der Waals surface area contributed by atoms with Crippen molar-refractivity contribution in [3.63, 3.8) is 0 Å². The van der Waals surface area contributed by atoms with Gasteiger partial charge in [-0.3, -0.25) is 19.5 Å². The molecular weight excluding hydrogens is 553 g/mol. The summed E-state index contributed by atoms with van der Waals surface area (Å²) in [6.07, 6.45) is -0.697. The van der Waals surface area contributed by atoms with Crippen molar-refractivity contribution in [2.24, 2.45) is 0 Å². The highest BCUT2D eigenvalue weighted by Gasteiger charge is 2.45. The van der Waals surface area contributed by atoms with Gasteiger partial charge in [0.1, 0.15) is 11.6 Å². The van der Waals surface area contributed by atoms with Crippen LogP contribution in [-0.2, 0) is 17.5 Å². The fraction of sp³-hybridized carbons (Fsp3) is 0.393. The first-order chi connectivity index (χ1) is 19.9. The van der Waals surface area contributed by atoms with Gasteiger partial charge in [-0.2, -0.15) is 18.2 Å². The lowest BCUT2D eigenvalue weighted by molar-refractivity contribution is -0.141. The van der Waals surface area contributed by atoms with Crippen LogP contribution in [0.15, 0.2) is 18.5 Å². The minimum atomic E-state index is -4.93. The molecule has 0 spiro atoms. The summed E-state index contributed by atoms with van der Waals surface area (Å²) in [6.45, 7) is 10.2. The Labute approximate surface area is 241 Å². The van der Waals surface area contributed by atoms with E-state index in [4.69, 9.17) is 10.5 Å². The van der Waals surface area contributed by atoms with E-state index in [0.29, 0.717) is 30.1 Å². The second-order valence-electron chi connectivity index (χ2n) is 9.75. The number of carbonyl (C=O) groups excluding carboxylic acids is 2. The maximum Gasteiger partial charge on any atom is 0.434 e. The maximum atomic E-state index is 14.2. The molecule has 224 valence electrons. The normalized spacial score (nSPS) is 14.2. The molecule has 0 aliphatic carbocycles. The monoisotopic (exact) mass is 586 g/mol. The van der Waals surface area contributed by atoms with Crippen LogP contribution in [0.1, 0.15) is 58.0 Å². The fourth-order valence-corrected chi connectivity index (χ4v) is 4.87. The number of halogens is 3. The molecule has 42 heavy (non-hydrogen) atoms. The SMILES string of the molecule is CCN(CC)CCNC(=O)c1c[nH]c(/C=C2\C(=O)N(Cc3ncc(C)c(OC)c3C)c3nc(N)nc(C(F)(F)F)c32)c1. The van der Waals surface area contributed by atoms with E-state index in [1.807, 2.05) is 13.8 Å². The Balaban J connectivity index is 1.72. The van der Waals surface area contributed by atoms with Crippen molar-refractivity contribution >= 4 is 35.2 Å². The average molecular weight is 587 g/mol. The zero-order chi connectivity index (χ0) is 30.8. The smallest absolute Gasteiger partial charge is 0.434 e. The number of aromatic amines is 1. The third-order valence-electron chi connectivity index (χ3n) is 7.11. The summed E-state index contributed by atoms with van der Waals surface area (Å²) in [5, 5.41) is 2.82. The Bertz CT molecular complexity index is 1530. The standard InChI is InChI=1S/C28H33F3N8O3/c1-6-38(7-2)9-8-33-25(40)17-10-18(34-13-17)11-19-21-23(28(29,30)31)36-27(32)37-24(21)39(26(19)41)14-20-16(4)22(42-5)15(3)12-35-20/h10-13,34H,6-9,14H2,1-5H3,(H,33,40)(H2,32,36,37)/b19-11-. The Hall–Kier alpha value is -4.46. The number of alkyl halides is 3. The minimum Gasteiger partial charge on any atom is -0.496 e. The van der Waals surface area contributed by atoms with Gasteiger partial charge in [-0.25, -0.2) is 4.98 Å². The molecule has 3 aromatic rings. The Morgan fingerprint density at radius 1 is 1.24 bits per heavy atom. The van der Waals surface area contributed by atoms with Gasteiger partial charge in [0.25, 0.3) is 11.8 Å². The highest BCUT2D eigenvalue weighted by molar-refractivity contribution is 6.35. The van der Waals surface area contributed by atoms with E-state index in [-0.39, 0.29) is 35.1 Å². The molecule has 11 nitrogen and oxygen atoms in total. The van der Waals surface area contributed by atoms with E-state index in [1.54, 1.807) is 20.0 Å². The van der Waals surface area contributed by atoms with Crippen molar-refractivity contribution in [2.75, 3.05) is 43.9 Å². The quantitative estimate of drug-likeness (QED) is 0.306. The van der Waals surface area contributed by atoms with Gasteiger partial charge >= 0.3 is 6.18 Å². The third kappa shape index (κ3) is 6.08. The first-order valence-corrected chi connectivity index (χ1v) is 13.4. The number of hydrogen-bond donors (Lipinski definition) is 3. The number of aromatic nitrogens is 4. The number of hydrogen-bond acceptors (Lipinski definition) is 8. The van der Waals surface area contributed by atoms with Crippen molar-refractivity contribution in [1.82, 2.24) is 30.2 Å². The Morgan fingerprint density at radius 3 is 2.60 bits per heavy atom. The summed E-state index contributed by atoms with van der Waals surface area (Å²) in [4.78, 5) is 44.3. The number of carbonyl (C=O) groups is 2. The predicted octanol–water partition coefficient (Wildman–Crippen LogP) is 3.59. The number of likely N-dealkylation sites (N-methyl/N-ethyl adjacent to an activating group) is 1. The average Bonchev–Trinajstić information content (AvgIpc) is 3.51. The summed E-state index contributed by atoms with van der Waals surface area (Å²) in [5.41, 5.74) is 5.84. The van der Waals surface area contributed by atoms with Crippen molar-refractivity contribution in [3.8, 4) is 5.75 Å². The van der Waals surface area contributed by atoms with Crippen molar-refractivity contribution in [2.45, 2.75) is 40.4 Å². The minimum absolute atomic E-state index is 0.190. The molecule has 4 N–H and O–H groups in total. The van der Waals surface area contributed by atoms with Crippen LogP contribution >= 0.6 is 0 Å². The molecule has 0 atom stereocenters. The highest BCUT2D eigenvalue weighted by atomic mass is 19.4. The van der Waals surface area contributed by atoms with Gasteiger partial charge in [-0.05, 0) is 39.1 Å². The number of fused-ring (bicyclic) bond motifs is 1. The third-order valence-corrected chi connectivity index (χ3v) is 7.11. The molecule has 4 heterocycles. The molecule has 0 fully saturated rings. The summed E-state index contributed by atoms with van der Waals surface area (Å²) in [5.74, 6) is -1.47. The van der Waals surface area contributed by atoms with Crippen molar-refractivity contribution < 1.29 is 27.5 Å². The molecule has 0 saturated carbocycles. The van der Waals surface area contributed by atoms with Gasteiger partial charge in [0.15, 0.2) is 5.69 Å². The number of anilines is 2. The number of H-pyrrole nitrogens is 1. The summed E-state index contributed by atoms with van der Waals surface area (Å²) >= 11 is 0. The van der Waals surface area contributed by atoms with Crippen molar-refractivity contribution in [3.05, 3.63) is 57.8 Å². The second kappa shape index (κ2) is 12.2. The van der Waals surface area contributed by atoms with Crippen LogP contribution in [0.3, 0.4) is 0 Å². The number of rotatable bonds is 10. The lowest BCUT2D eigenvalue weighted by Gasteiger charge is -2.19. The van der Waals surface area contributed by atoms with Gasteiger partial charge < -0.3 is 25.7 Å². The van der Waals surface area contributed by atoms with Crippen LogP contribution < -0.4 is 20.7 Å². The fourth-order valence-electron chi connectivity index (χ4n) is 4.87. The number of nitrogens with two attached hydrogens (primary N) is 1. The largest absolute Gasteiger partial charge is 0.496 e. The summed E-state index contributed by atoms with van der Waals surface area (Å²) in [7, 11) is 1.50. The van der Waals surface area contributed by atoms with Gasteiger partial charge in [-0.15, -0.1) is 0 Å². The van der Waals surface area contributed by atoms with E-state index >= 15 is 0 Å². The van der Waals surface area contributed by atoms with Crippen molar-refractivity contribution in [1.29, 1.82) is 0 Å². The first kappa shape index (κ1) is 30.5. The van der Waals surface area contributed by atoms with E-state index in [2.05, 4.69) is 30.2 Å². The van der Waals surface area contributed by atoms with Gasteiger partial charge in [0, 0.05) is 42.3 Å². The lowest BCUT2D eigenvalue weighted by Crippen LogP contribution is -2.34. The molecule has 0 aromatic carbocycles. The first-order valence-electron chi connectivity index (χ1n) is 13.4. The molecule has 1 aliphatic rings. The number of amides is 2. The number of pyridine rings is 1. The molecule has 0 saturated heterocycles. The number of ether oxygens (including phenoxy) is 1. The topological polar surface area (TPSA) is 142 Å². The van der Waals surface area contributed by atoms with Crippen LogP contribution in [-0.4, -0.2) is 69.9 Å². The lowest BCUT2D eigenvalue weighted by atomic mass is 10.1. The molecule has 0 bridgehead atoms. The van der Waals surface area contributed by atoms with E-state index in [1.165, 1.54) is 25.4 Å². The number of aryl methyl sites for hydroxylation is 1. The van der Waals surface area contributed by atoms with Crippen LogP contribution in [0.5, 0.6) is 5.75 Å². The Morgan fingerprint density at radius 2 is 1.95 bits per heavy atom. The number of methoxy groups -OCH3 is 1. The molecule has 1 aliphatic heterocycles. The Kier molecular flexibility index (Phi) is 8.85. The van der Waals surface area contributed by atoms with Crippen LogP contribution in [0.2, 0.25) is 0 Å². The maximum absolute atomic E-state index is 14.2.